The Bertz CT molecular complexity index is 725. The molecule has 0 radical (unpaired) electrons. The van der Waals surface area contributed by atoms with Gasteiger partial charge in [-0.05, 0) is 63.0 Å². The van der Waals surface area contributed by atoms with E-state index < -0.39 is 5.54 Å². The molecule has 1 aromatic carbocycles. The Balaban J connectivity index is 0.00000131. The van der Waals surface area contributed by atoms with Crippen molar-refractivity contribution in [3.63, 3.8) is 0 Å². The highest BCUT2D eigenvalue weighted by atomic mass is 35.5. The van der Waals surface area contributed by atoms with Crippen LogP contribution < -0.4 is 15.5 Å². The standard InChI is InChI=1S/C19H25N5O.2ClH/c25-18(19(7-10-20-11-8-19)24-14-4-9-21-24)22-16-5-3-6-17(15-16)23-12-1-2-13-23;;/h3-6,9,14-15,20H,1-2,7-8,10-13H2,(H,22,25);2*1H. The third-order valence-corrected chi connectivity index (χ3v) is 5.37. The number of rotatable bonds is 4. The van der Waals surface area contributed by atoms with Gasteiger partial charge in [0.2, 0.25) is 0 Å². The molecule has 1 aromatic heterocycles. The molecule has 148 valence electrons. The zero-order chi connectivity index (χ0) is 17.1. The third-order valence-electron chi connectivity index (χ3n) is 5.37. The number of nitrogens with one attached hydrogen (secondary N) is 2. The van der Waals surface area contributed by atoms with Crippen molar-refractivity contribution in [2.24, 2.45) is 0 Å². The van der Waals surface area contributed by atoms with E-state index >= 15 is 0 Å². The van der Waals surface area contributed by atoms with Crippen LogP contribution in [0.1, 0.15) is 25.7 Å². The summed E-state index contributed by atoms with van der Waals surface area (Å²) < 4.78 is 1.83. The number of aromatic nitrogens is 2. The maximum Gasteiger partial charge on any atom is 0.252 e. The summed E-state index contributed by atoms with van der Waals surface area (Å²) in [5.41, 5.74) is 1.44. The zero-order valence-electron chi connectivity index (χ0n) is 15.3. The fourth-order valence-corrected chi connectivity index (χ4v) is 3.93. The Kier molecular flexibility index (Phi) is 7.53. The van der Waals surface area contributed by atoms with Crippen LogP contribution in [0.15, 0.2) is 42.7 Å². The molecule has 2 fully saturated rings. The van der Waals surface area contributed by atoms with E-state index in [0.717, 1.165) is 44.7 Å². The highest BCUT2D eigenvalue weighted by molar-refractivity contribution is 5.97. The van der Waals surface area contributed by atoms with Crippen molar-refractivity contribution in [3.05, 3.63) is 42.7 Å². The molecule has 27 heavy (non-hydrogen) atoms. The molecule has 4 rings (SSSR count). The summed E-state index contributed by atoms with van der Waals surface area (Å²) in [5, 5.41) is 10.9. The lowest BCUT2D eigenvalue weighted by Crippen LogP contribution is -2.52. The molecule has 0 bridgehead atoms. The van der Waals surface area contributed by atoms with E-state index in [0.29, 0.717) is 0 Å². The van der Waals surface area contributed by atoms with Gasteiger partial charge in [0, 0.05) is 36.9 Å². The molecule has 0 unspecified atom stereocenters. The van der Waals surface area contributed by atoms with Crippen LogP contribution in [-0.2, 0) is 10.3 Å². The fraction of sp³-hybridized carbons (Fsp3) is 0.474. The predicted octanol–water partition coefficient (Wildman–Crippen LogP) is 3.04. The summed E-state index contributed by atoms with van der Waals surface area (Å²) in [5.74, 6) is 0.0243. The Morgan fingerprint density at radius 2 is 1.85 bits per heavy atom. The minimum atomic E-state index is -0.613. The molecule has 2 saturated heterocycles. The van der Waals surface area contributed by atoms with Crippen LogP contribution >= 0.6 is 24.8 Å². The number of carbonyl (C=O) groups excluding carboxylic acids is 1. The predicted molar refractivity (Wildman–Crippen MR) is 113 cm³/mol. The Hall–Kier alpha value is -1.76. The van der Waals surface area contributed by atoms with Crippen molar-refractivity contribution in [2.75, 3.05) is 36.4 Å². The lowest BCUT2D eigenvalue weighted by atomic mass is 9.87. The molecule has 0 spiro atoms. The molecule has 3 heterocycles. The second kappa shape index (κ2) is 9.44. The van der Waals surface area contributed by atoms with E-state index in [4.69, 9.17) is 0 Å². The first-order valence-corrected chi connectivity index (χ1v) is 9.15. The number of hydrogen-bond acceptors (Lipinski definition) is 4. The van der Waals surface area contributed by atoms with Gasteiger partial charge in [-0.1, -0.05) is 6.07 Å². The monoisotopic (exact) mass is 411 g/mol. The first-order chi connectivity index (χ1) is 12.3. The summed E-state index contributed by atoms with van der Waals surface area (Å²) in [4.78, 5) is 15.6. The van der Waals surface area contributed by atoms with Gasteiger partial charge in [0.15, 0.2) is 0 Å². The third kappa shape index (κ3) is 4.39. The van der Waals surface area contributed by atoms with Crippen LogP contribution in [-0.4, -0.2) is 41.9 Å². The Labute approximate surface area is 172 Å². The lowest BCUT2D eigenvalue weighted by Gasteiger charge is -2.36. The summed E-state index contributed by atoms with van der Waals surface area (Å²) in [6.45, 7) is 3.84. The van der Waals surface area contributed by atoms with Gasteiger partial charge in [0.25, 0.3) is 5.91 Å². The topological polar surface area (TPSA) is 62.2 Å². The number of carbonyl (C=O) groups is 1. The number of anilines is 2. The Morgan fingerprint density at radius 3 is 2.52 bits per heavy atom. The van der Waals surface area contributed by atoms with Crippen LogP contribution in [0.2, 0.25) is 0 Å². The van der Waals surface area contributed by atoms with E-state index in [1.807, 2.05) is 29.1 Å². The molecule has 2 aliphatic rings. The molecular formula is C19H27Cl2N5O. The second-order valence-electron chi connectivity index (χ2n) is 6.93. The van der Waals surface area contributed by atoms with Gasteiger partial charge in [0.05, 0.1) is 0 Å². The molecule has 1 amide bonds. The van der Waals surface area contributed by atoms with Crippen molar-refractivity contribution in [3.8, 4) is 0 Å². The second-order valence-corrected chi connectivity index (χ2v) is 6.93. The largest absolute Gasteiger partial charge is 0.371 e. The van der Waals surface area contributed by atoms with Gasteiger partial charge in [-0.25, -0.2) is 0 Å². The molecule has 2 aromatic rings. The van der Waals surface area contributed by atoms with Crippen molar-refractivity contribution >= 4 is 42.1 Å². The summed E-state index contributed by atoms with van der Waals surface area (Å²) >= 11 is 0. The first kappa shape index (κ1) is 21.5. The number of halogens is 2. The SMILES string of the molecule is Cl.Cl.O=C(Nc1cccc(N2CCCC2)c1)C1(n2cccn2)CCNCC1. The maximum absolute atomic E-state index is 13.2. The quantitative estimate of drug-likeness (QED) is 0.811. The number of amides is 1. The lowest BCUT2D eigenvalue weighted by molar-refractivity contribution is -0.126. The molecular weight excluding hydrogens is 385 g/mol. The number of hydrogen-bond donors (Lipinski definition) is 2. The highest BCUT2D eigenvalue weighted by Crippen LogP contribution is 2.30. The van der Waals surface area contributed by atoms with Gasteiger partial charge in [-0.15, -0.1) is 24.8 Å². The molecule has 2 aliphatic heterocycles. The van der Waals surface area contributed by atoms with Crippen molar-refractivity contribution in [2.45, 2.75) is 31.2 Å². The van der Waals surface area contributed by atoms with Crippen molar-refractivity contribution in [1.29, 1.82) is 0 Å². The van der Waals surface area contributed by atoms with Crippen LogP contribution in [0.3, 0.4) is 0 Å². The van der Waals surface area contributed by atoms with E-state index in [9.17, 15) is 4.79 Å². The van der Waals surface area contributed by atoms with Crippen LogP contribution in [0.5, 0.6) is 0 Å². The minimum Gasteiger partial charge on any atom is -0.371 e. The molecule has 2 N–H and O–H groups in total. The molecule has 8 heteroatoms. The van der Waals surface area contributed by atoms with E-state index in [-0.39, 0.29) is 30.7 Å². The smallest absolute Gasteiger partial charge is 0.252 e. The molecule has 6 nitrogen and oxygen atoms in total. The molecule has 0 saturated carbocycles. The summed E-state index contributed by atoms with van der Waals surface area (Å²) in [6.07, 6.45) is 7.60. The number of benzene rings is 1. The minimum absolute atomic E-state index is 0. The highest BCUT2D eigenvalue weighted by Gasteiger charge is 2.42. The molecule has 0 atom stereocenters. The normalized spacial score (nSPS) is 18.3. The van der Waals surface area contributed by atoms with Gasteiger partial charge < -0.3 is 15.5 Å². The number of piperidine rings is 1. The first-order valence-electron chi connectivity index (χ1n) is 9.15. The van der Waals surface area contributed by atoms with E-state index in [1.54, 1.807) is 6.20 Å². The van der Waals surface area contributed by atoms with Gasteiger partial charge in [0.1, 0.15) is 5.54 Å². The van der Waals surface area contributed by atoms with Gasteiger partial charge in [-0.2, -0.15) is 5.10 Å². The van der Waals surface area contributed by atoms with Crippen LogP contribution in [0.25, 0.3) is 0 Å². The number of nitrogens with zero attached hydrogens (tertiary/aromatic N) is 3. The summed E-state index contributed by atoms with van der Waals surface area (Å²) in [6, 6.07) is 10.1. The van der Waals surface area contributed by atoms with Crippen LogP contribution in [0, 0.1) is 0 Å². The average Bonchev–Trinajstić information content (AvgIpc) is 3.36. The van der Waals surface area contributed by atoms with E-state index in [2.05, 4.69) is 32.8 Å². The van der Waals surface area contributed by atoms with Crippen molar-refractivity contribution in [1.82, 2.24) is 15.1 Å². The fourth-order valence-electron chi connectivity index (χ4n) is 3.93. The van der Waals surface area contributed by atoms with E-state index in [1.165, 1.54) is 18.5 Å². The zero-order valence-corrected chi connectivity index (χ0v) is 16.9. The van der Waals surface area contributed by atoms with Crippen molar-refractivity contribution < 1.29 is 4.79 Å². The Morgan fingerprint density at radius 1 is 1.11 bits per heavy atom. The average molecular weight is 412 g/mol. The maximum atomic E-state index is 13.2. The van der Waals surface area contributed by atoms with Gasteiger partial charge in [-0.3, -0.25) is 9.48 Å². The van der Waals surface area contributed by atoms with Gasteiger partial charge >= 0.3 is 0 Å². The summed E-state index contributed by atoms with van der Waals surface area (Å²) in [7, 11) is 0. The van der Waals surface area contributed by atoms with Crippen LogP contribution in [0.4, 0.5) is 11.4 Å². The molecule has 0 aliphatic carbocycles.